The molecule has 3 atom stereocenters. The van der Waals surface area contributed by atoms with Gasteiger partial charge in [0.25, 0.3) is 0 Å². The molecule has 0 heterocycles. The van der Waals surface area contributed by atoms with Gasteiger partial charge in [-0.05, 0) is 97.7 Å². The van der Waals surface area contributed by atoms with Crippen molar-refractivity contribution in [1.29, 1.82) is 0 Å². The van der Waals surface area contributed by atoms with Crippen LogP contribution in [0.5, 0.6) is 11.5 Å². The predicted molar refractivity (Wildman–Crippen MR) is 187 cm³/mol. The van der Waals surface area contributed by atoms with Gasteiger partial charge in [0.05, 0.1) is 12.4 Å². The summed E-state index contributed by atoms with van der Waals surface area (Å²) in [5, 5.41) is 8.91. The molecule has 0 amide bonds. The molecule has 4 aromatic rings. The highest BCUT2D eigenvalue weighted by Crippen LogP contribution is 2.37. The van der Waals surface area contributed by atoms with Crippen LogP contribution in [0.2, 0.25) is 0 Å². The molecule has 1 fully saturated rings. The van der Waals surface area contributed by atoms with Gasteiger partial charge in [0.1, 0.15) is 17.1 Å². The third-order valence-corrected chi connectivity index (χ3v) is 7.75. The number of benzene rings is 4. The number of aliphatic hydroxyl groups excluding tert-OH is 1. The first-order valence-corrected chi connectivity index (χ1v) is 16.0. The Morgan fingerprint density at radius 3 is 1.98 bits per heavy atom. The van der Waals surface area contributed by atoms with E-state index in [4.69, 9.17) is 24.1 Å². The van der Waals surface area contributed by atoms with E-state index in [0.717, 1.165) is 47.1 Å². The zero-order valence-corrected chi connectivity index (χ0v) is 27.1. The summed E-state index contributed by atoms with van der Waals surface area (Å²) in [6.45, 7) is 5.63. The van der Waals surface area contributed by atoms with Crippen LogP contribution in [-0.2, 0) is 22.3 Å². The lowest BCUT2D eigenvalue weighted by Gasteiger charge is -2.24. The lowest BCUT2D eigenvalue weighted by atomic mass is 9.97. The van der Waals surface area contributed by atoms with Crippen LogP contribution >= 0.6 is 0 Å². The van der Waals surface area contributed by atoms with Gasteiger partial charge in [-0.15, -0.1) is 0 Å². The molecular weight excluding hydrogens is 588 g/mol. The Morgan fingerprint density at radius 2 is 1.36 bits per heavy atom. The van der Waals surface area contributed by atoms with Crippen LogP contribution in [0, 0.1) is 5.92 Å². The van der Waals surface area contributed by atoms with Crippen LogP contribution in [0.1, 0.15) is 55.0 Å². The summed E-state index contributed by atoms with van der Waals surface area (Å²) in [5.41, 5.74) is 4.51. The SMILES string of the molecule is CC(Oc1ccc(C=CC=Cc2ccc(OC(=O)OC(C)(C)Cc3ccc(C=CO)cc3)cc2)cc1)OC1CC1Cc1ccccc1. The normalized spacial score (nSPS) is 16.8. The summed E-state index contributed by atoms with van der Waals surface area (Å²) in [6, 6.07) is 33.4. The van der Waals surface area contributed by atoms with Gasteiger partial charge in [-0.3, -0.25) is 0 Å². The van der Waals surface area contributed by atoms with Gasteiger partial charge >= 0.3 is 6.16 Å². The fourth-order valence-corrected chi connectivity index (χ4v) is 5.32. The van der Waals surface area contributed by atoms with Crippen molar-refractivity contribution in [2.45, 2.75) is 58.0 Å². The Morgan fingerprint density at radius 1 is 0.787 bits per heavy atom. The van der Waals surface area contributed by atoms with Crippen molar-refractivity contribution in [3.63, 3.8) is 0 Å². The molecule has 1 aliphatic rings. The van der Waals surface area contributed by atoms with Gasteiger partial charge in [0.2, 0.25) is 0 Å². The van der Waals surface area contributed by atoms with E-state index in [1.807, 2.05) is 112 Å². The number of allylic oxidation sites excluding steroid dienone is 2. The van der Waals surface area contributed by atoms with E-state index < -0.39 is 11.8 Å². The first-order valence-electron chi connectivity index (χ1n) is 16.0. The van der Waals surface area contributed by atoms with Gasteiger partial charge in [-0.25, -0.2) is 4.79 Å². The van der Waals surface area contributed by atoms with Crippen molar-refractivity contribution in [2.24, 2.45) is 5.92 Å². The second kappa shape index (κ2) is 16.0. The summed E-state index contributed by atoms with van der Waals surface area (Å²) in [6.07, 6.45) is 12.4. The summed E-state index contributed by atoms with van der Waals surface area (Å²) in [7, 11) is 0. The van der Waals surface area contributed by atoms with Crippen molar-refractivity contribution in [2.75, 3.05) is 0 Å². The second-order valence-corrected chi connectivity index (χ2v) is 12.3. The van der Waals surface area contributed by atoms with E-state index >= 15 is 0 Å². The molecular formula is C41H42O6. The van der Waals surface area contributed by atoms with Crippen LogP contribution < -0.4 is 9.47 Å². The number of rotatable bonds is 14. The van der Waals surface area contributed by atoms with E-state index in [-0.39, 0.29) is 12.4 Å². The van der Waals surface area contributed by atoms with Gasteiger partial charge in [0, 0.05) is 6.42 Å². The average molecular weight is 631 g/mol. The number of ether oxygens (including phenoxy) is 4. The minimum atomic E-state index is -0.760. The number of hydrogen-bond acceptors (Lipinski definition) is 6. The quantitative estimate of drug-likeness (QED) is 0.0492. The topological polar surface area (TPSA) is 74.2 Å². The smallest absolute Gasteiger partial charge is 0.514 e. The average Bonchev–Trinajstić information content (AvgIpc) is 3.78. The zero-order valence-electron chi connectivity index (χ0n) is 27.1. The highest BCUT2D eigenvalue weighted by Gasteiger charge is 2.39. The van der Waals surface area contributed by atoms with E-state index in [9.17, 15) is 4.79 Å². The largest absolute Gasteiger partial charge is 0.516 e. The third kappa shape index (κ3) is 11.0. The molecule has 5 rings (SSSR count). The summed E-state index contributed by atoms with van der Waals surface area (Å²) >= 11 is 0. The maximum absolute atomic E-state index is 12.5. The van der Waals surface area contributed by atoms with Crippen molar-refractivity contribution in [3.8, 4) is 11.5 Å². The lowest BCUT2D eigenvalue weighted by Crippen LogP contribution is -2.32. The minimum absolute atomic E-state index is 0.258. The van der Waals surface area contributed by atoms with Crippen molar-refractivity contribution in [3.05, 3.63) is 149 Å². The number of hydrogen-bond donors (Lipinski definition) is 1. The van der Waals surface area contributed by atoms with Crippen molar-refractivity contribution >= 4 is 24.4 Å². The number of aliphatic hydroxyl groups is 1. The fourth-order valence-electron chi connectivity index (χ4n) is 5.32. The Bertz CT molecular complexity index is 1650. The van der Waals surface area contributed by atoms with E-state index in [0.29, 0.717) is 18.1 Å². The van der Waals surface area contributed by atoms with Crippen LogP contribution in [0.3, 0.4) is 0 Å². The maximum atomic E-state index is 12.5. The summed E-state index contributed by atoms with van der Waals surface area (Å²) in [4.78, 5) is 12.5. The minimum Gasteiger partial charge on any atom is -0.516 e. The molecule has 0 aromatic heterocycles. The number of carbonyl (C=O) groups excluding carboxylic acids is 1. The third-order valence-electron chi connectivity index (χ3n) is 7.75. The van der Waals surface area contributed by atoms with Gasteiger partial charge in [-0.2, -0.15) is 0 Å². The van der Waals surface area contributed by atoms with Crippen molar-refractivity contribution in [1.82, 2.24) is 0 Å². The highest BCUT2D eigenvalue weighted by molar-refractivity contribution is 5.65. The molecule has 242 valence electrons. The molecule has 6 nitrogen and oxygen atoms in total. The van der Waals surface area contributed by atoms with Gasteiger partial charge in [0.15, 0.2) is 6.29 Å². The Hall–Kier alpha value is -5.07. The molecule has 0 radical (unpaired) electrons. The first kappa shape index (κ1) is 33.3. The van der Waals surface area contributed by atoms with E-state index in [2.05, 4.69) is 24.3 Å². The molecule has 3 unspecified atom stereocenters. The Kier molecular flexibility index (Phi) is 11.3. The molecule has 4 aromatic carbocycles. The molecule has 0 bridgehead atoms. The van der Waals surface area contributed by atoms with Gasteiger partial charge < -0.3 is 24.1 Å². The summed E-state index contributed by atoms with van der Waals surface area (Å²) in [5.74, 6) is 1.75. The molecule has 47 heavy (non-hydrogen) atoms. The molecule has 6 heteroatoms. The van der Waals surface area contributed by atoms with Crippen LogP contribution in [-0.4, -0.2) is 29.3 Å². The molecule has 1 saturated carbocycles. The standard InChI is InChI=1S/C41H42O6/c1-30(45-39-28-36(39)27-34-11-5-4-6-12-34)44-37-21-17-31(18-22-37)9-7-8-10-32-19-23-38(24-20-32)46-40(43)47-41(2,3)29-35-15-13-33(14-16-35)25-26-42/h4-26,30,36,39,42H,27-29H2,1-3H3. The molecule has 1 N–H and O–H groups in total. The van der Waals surface area contributed by atoms with Crippen LogP contribution in [0.15, 0.2) is 122 Å². The monoisotopic (exact) mass is 630 g/mol. The second-order valence-electron chi connectivity index (χ2n) is 12.3. The van der Waals surface area contributed by atoms with Gasteiger partial charge in [-0.1, -0.05) is 103 Å². The fraction of sp³-hybridized carbons (Fsp3) is 0.244. The highest BCUT2D eigenvalue weighted by atomic mass is 16.7. The van der Waals surface area contributed by atoms with Crippen molar-refractivity contribution < 1.29 is 28.8 Å². The zero-order chi connectivity index (χ0) is 33.1. The van der Waals surface area contributed by atoms with Crippen LogP contribution in [0.4, 0.5) is 4.79 Å². The number of carbonyl (C=O) groups is 1. The molecule has 0 spiro atoms. The first-order chi connectivity index (χ1) is 22.7. The molecule has 0 aliphatic heterocycles. The lowest BCUT2D eigenvalue weighted by molar-refractivity contribution is -0.0802. The molecule has 1 aliphatic carbocycles. The van der Waals surface area contributed by atoms with E-state index in [1.54, 1.807) is 18.2 Å². The Labute approximate surface area is 277 Å². The summed E-state index contributed by atoms with van der Waals surface area (Å²) < 4.78 is 23.1. The van der Waals surface area contributed by atoms with E-state index in [1.165, 1.54) is 5.56 Å². The molecule has 0 saturated heterocycles. The van der Waals surface area contributed by atoms with Crippen LogP contribution in [0.25, 0.3) is 18.2 Å². The Balaban J connectivity index is 1.01. The predicted octanol–water partition coefficient (Wildman–Crippen LogP) is 9.85. The maximum Gasteiger partial charge on any atom is 0.514 e.